The fraction of sp³-hybridized carbons (Fsp3) is 0.412. The van der Waals surface area contributed by atoms with Gasteiger partial charge in [0.2, 0.25) is 0 Å². The number of allylic oxidation sites excluding steroid dienone is 4. The Hall–Kier alpha value is -1.70. The maximum absolute atomic E-state index is 9.62. The Morgan fingerprint density at radius 2 is 1.83 bits per heavy atom. The molecule has 18 heavy (non-hydrogen) atoms. The van der Waals surface area contributed by atoms with Crippen LogP contribution in [0, 0.1) is 23.7 Å². The molecule has 0 fully saturated rings. The molecule has 1 nitrogen and oxygen atoms in total. The molecule has 0 spiro atoms. The van der Waals surface area contributed by atoms with Crippen molar-refractivity contribution in [3.63, 3.8) is 0 Å². The highest BCUT2D eigenvalue weighted by molar-refractivity contribution is 5.33. The predicted octanol–water partition coefficient (Wildman–Crippen LogP) is 3.62. The van der Waals surface area contributed by atoms with Gasteiger partial charge in [0.25, 0.3) is 0 Å². The molecule has 0 amide bonds. The summed E-state index contributed by atoms with van der Waals surface area (Å²) in [7, 11) is 0. The molecule has 96 valence electrons. The Bertz CT molecular complexity index is 379. The average Bonchev–Trinajstić information content (AvgIpc) is 2.37. The molecule has 1 atom stereocenters. The number of hydrogen-bond acceptors (Lipinski definition) is 1. The number of aliphatic hydroxyl groups is 1. The van der Waals surface area contributed by atoms with Crippen LogP contribution in [0.15, 0.2) is 37.0 Å². The van der Waals surface area contributed by atoms with E-state index in [9.17, 15) is 5.11 Å². The summed E-state index contributed by atoms with van der Waals surface area (Å²) in [5.41, 5.74) is 0. The Morgan fingerprint density at radius 3 is 2.50 bits per heavy atom. The topological polar surface area (TPSA) is 20.2 Å². The van der Waals surface area contributed by atoms with Gasteiger partial charge in [0, 0.05) is 0 Å². The first-order chi connectivity index (χ1) is 8.81. The van der Waals surface area contributed by atoms with Gasteiger partial charge in [0.15, 0.2) is 0 Å². The van der Waals surface area contributed by atoms with Gasteiger partial charge in [-0.15, -0.1) is 6.58 Å². The van der Waals surface area contributed by atoms with E-state index < -0.39 is 6.10 Å². The zero-order valence-electron chi connectivity index (χ0n) is 11.2. The highest BCUT2D eigenvalue weighted by Crippen LogP contribution is 2.06. The zero-order valence-corrected chi connectivity index (χ0v) is 11.2. The maximum atomic E-state index is 9.62. The van der Waals surface area contributed by atoms with Crippen molar-refractivity contribution < 1.29 is 5.11 Å². The van der Waals surface area contributed by atoms with Crippen LogP contribution in [0.25, 0.3) is 0 Å². The molecule has 0 aromatic rings. The normalized spacial score (nSPS) is 11.7. The van der Waals surface area contributed by atoms with E-state index in [1.165, 1.54) is 0 Å². The van der Waals surface area contributed by atoms with Crippen molar-refractivity contribution in [1.82, 2.24) is 0 Å². The van der Waals surface area contributed by atoms with Crippen LogP contribution in [0.4, 0.5) is 0 Å². The molecule has 0 saturated carbocycles. The molecule has 0 heterocycles. The lowest BCUT2D eigenvalue weighted by atomic mass is 10.1. The third-order valence-corrected chi connectivity index (χ3v) is 2.27. The van der Waals surface area contributed by atoms with E-state index >= 15 is 0 Å². The second-order valence-corrected chi connectivity index (χ2v) is 3.89. The van der Waals surface area contributed by atoms with Crippen molar-refractivity contribution in [3.05, 3.63) is 37.0 Å². The molecule has 0 radical (unpaired) electrons. The largest absolute Gasteiger partial charge is 0.389 e. The van der Waals surface area contributed by atoms with Gasteiger partial charge in [0.05, 0.1) is 6.10 Å². The molecule has 0 aromatic carbocycles. The second kappa shape index (κ2) is 13.4. The summed E-state index contributed by atoms with van der Waals surface area (Å²) in [6.07, 6.45) is 13.7. The van der Waals surface area contributed by atoms with Gasteiger partial charge in [-0.1, -0.05) is 36.8 Å². The Labute approximate surface area is 111 Å². The molecule has 1 heteroatoms. The van der Waals surface area contributed by atoms with Gasteiger partial charge in [-0.05, 0) is 56.3 Å². The van der Waals surface area contributed by atoms with Crippen molar-refractivity contribution in [2.45, 2.75) is 45.1 Å². The van der Waals surface area contributed by atoms with E-state index in [1.54, 1.807) is 18.2 Å². The first-order valence-electron chi connectivity index (χ1n) is 6.39. The molecule has 0 unspecified atom stereocenters. The second-order valence-electron chi connectivity index (χ2n) is 3.89. The highest BCUT2D eigenvalue weighted by Gasteiger charge is 1.97. The summed E-state index contributed by atoms with van der Waals surface area (Å²) in [6, 6.07) is 0. The maximum Gasteiger partial charge on any atom is 0.0730 e. The van der Waals surface area contributed by atoms with Gasteiger partial charge in [0.1, 0.15) is 0 Å². The van der Waals surface area contributed by atoms with Crippen LogP contribution in [0.5, 0.6) is 0 Å². The van der Waals surface area contributed by atoms with Crippen molar-refractivity contribution in [2.75, 3.05) is 0 Å². The Morgan fingerprint density at radius 1 is 1.11 bits per heavy atom. The fourth-order valence-corrected chi connectivity index (χ4v) is 1.31. The smallest absolute Gasteiger partial charge is 0.0730 e. The van der Waals surface area contributed by atoms with Gasteiger partial charge in [-0.25, -0.2) is 0 Å². The lowest BCUT2D eigenvalue weighted by Crippen LogP contribution is -2.01. The predicted molar refractivity (Wildman–Crippen MR) is 78.8 cm³/mol. The standard InChI is InChI=1S/C17H22O/c1-3-5-7-9-10-12-14-16-17(18)15-13-11-8-6-4-2/h3-5,14,16-18H,2,6,8,11,13,15H2,1H3/b5-3-,16-14-/t17-/m1/s1. The third kappa shape index (κ3) is 12.4. The van der Waals surface area contributed by atoms with Crippen molar-refractivity contribution in [1.29, 1.82) is 0 Å². The minimum atomic E-state index is -0.397. The van der Waals surface area contributed by atoms with Crippen molar-refractivity contribution >= 4 is 0 Å². The molecular weight excluding hydrogens is 220 g/mol. The van der Waals surface area contributed by atoms with E-state index in [-0.39, 0.29) is 0 Å². The molecule has 0 bridgehead atoms. The number of rotatable bonds is 7. The SMILES string of the molecule is C=CCCCCC[C@@H](O)/C=C\C#CC#C/C=C\C. The van der Waals surface area contributed by atoms with Crippen LogP contribution in [-0.2, 0) is 0 Å². The molecule has 0 saturated heterocycles. The monoisotopic (exact) mass is 242 g/mol. The first-order valence-corrected chi connectivity index (χ1v) is 6.39. The Kier molecular flexibility index (Phi) is 12.1. The van der Waals surface area contributed by atoms with E-state index in [2.05, 4.69) is 30.3 Å². The van der Waals surface area contributed by atoms with Crippen LogP contribution in [0.3, 0.4) is 0 Å². The quantitative estimate of drug-likeness (QED) is 0.411. The van der Waals surface area contributed by atoms with E-state index in [0.717, 1.165) is 32.1 Å². The summed E-state index contributed by atoms with van der Waals surface area (Å²) < 4.78 is 0. The third-order valence-electron chi connectivity index (χ3n) is 2.27. The minimum absolute atomic E-state index is 0.397. The molecule has 0 aliphatic rings. The van der Waals surface area contributed by atoms with Gasteiger partial charge in [-0.2, -0.15) is 0 Å². The Balaban J connectivity index is 3.71. The first kappa shape index (κ1) is 16.3. The lowest BCUT2D eigenvalue weighted by Gasteiger charge is -2.03. The molecule has 0 rings (SSSR count). The fourth-order valence-electron chi connectivity index (χ4n) is 1.31. The summed E-state index contributed by atoms with van der Waals surface area (Å²) in [4.78, 5) is 0. The van der Waals surface area contributed by atoms with Gasteiger partial charge >= 0.3 is 0 Å². The van der Waals surface area contributed by atoms with E-state index in [4.69, 9.17) is 0 Å². The van der Waals surface area contributed by atoms with E-state index in [0.29, 0.717) is 0 Å². The van der Waals surface area contributed by atoms with Crippen molar-refractivity contribution in [2.24, 2.45) is 0 Å². The molecule has 1 N–H and O–H groups in total. The van der Waals surface area contributed by atoms with Crippen LogP contribution in [0.1, 0.15) is 39.0 Å². The number of hydrogen-bond donors (Lipinski definition) is 1. The number of unbranched alkanes of at least 4 members (excludes halogenated alkanes) is 3. The lowest BCUT2D eigenvalue weighted by molar-refractivity contribution is 0.208. The summed E-state index contributed by atoms with van der Waals surface area (Å²) in [5, 5.41) is 9.62. The van der Waals surface area contributed by atoms with Crippen LogP contribution >= 0.6 is 0 Å². The molecule has 0 aliphatic carbocycles. The minimum Gasteiger partial charge on any atom is -0.389 e. The summed E-state index contributed by atoms with van der Waals surface area (Å²) in [6.45, 7) is 5.59. The average molecular weight is 242 g/mol. The van der Waals surface area contributed by atoms with Crippen LogP contribution < -0.4 is 0 Å². The highest BCUT2D eigenvalue weighted by atomic mass is 16.3. The summed E-state index contributed by atoms with van der Waals surface area (Å²) in [5.74, 6) is 10.9. The van der Waals surface area contributed by atoms with Crippen LogP contribution in [-0.4, -0.2) is 11.2 Å². The molecular formula is C17H22O. The van der Waals surface area contributed by atoms with Gasteiger partial charge < -0.3 is 5.11 Å². The van der Waals surface area contributed by atoms with E-state index in [1.807, 2.05) is 19.1 Å². The van der Waals surface area contributed by atoms with Crippen LogP contribution in [0.2, 0.25) is 0 Å². The van der Waals surface area contributed by atoms with Crippen molar-refractivity contribution in [3.8, 4) is 23.7 Å². The zero-order chi connectivity index (χ0) is 13.5. The summed E-state index contributed by atoms with van der Waals surface area (Å²) >= 11 is 0. The van der Waals surface area contributed by atoms with Gasteiger partial charge in [-0.3, -0.25) is 0 Å². The molecule has 0 aromatic heterocycles. The molecule has 0 aliphatic heterocycles. The number of aliphatic hydroxyl groups excluding tert-OH is 1.